The summed E-state index contributed by atoms with van der Waals surface area (Å²) in [5, 5.41) is 3.38. The van der Waals surface area contributed by atoms with Gasteiger partial charge in [-0.3, -0.25) is 0 Å². The van der Waals surface area contributed by atoms with Crippen molar-refractivity contribution in [3.8, 4) is 22.6 Å². The van der Waals surface area contributed by atoms with E-state index >= 15 is 0 Å². The summed E-state index contributed by atoms with van der Waals surface area (Å²) in [5.41, 5.74) is 7.65. The van der Waals surface area contributed by atoms with Gasteiger partial charge in [0.1, 0.15) is 5.52 Å². The smallest absolute Gasteiger partial charge is 0.227 e. The summed E-state index contributed by atoms with van der Waals surface area (Å²) >= 11 is 0. The summed E-state index contributed by atoms with van der Waals surface area (Å²) < 4.78 is 17.4. The summed E-state index contributed by atoms with van der Waals surface area (Å²) in [6, 6.07) is 35.3. The van der Waals surface area contributed by atoms with E-state index in [0.717, 1.165) is 54.8 Å². The summed E-state index contributed by atoms with van der Waals surface area (Å²) in [7, 11) is 0. The maximum Gasteiger partial charge on any atom is 0.227 e. The van der Waals surface area contributed by atoms with Gasteiger partial charge in [-0.25, -0.2) is 4.98 Å². The van der Waals surface area contributed by atoms with Gasteiger partial charge >= 0.3 is 0 Å². The maximum atomic E-state index is 5.84. The fourth-order valence-corrected chi connectivity index (χ4v) is 4.36. The number of ether oxygens (including phenoxy) is 2. The third-order valence-electron chi connectivity index (χ3n) is 6.40. The highest BCUT2D eigenvalue weighted by molar-refractivity contribution is 5.76. The van der Waals surface area contributed by atoms with Crippen LogP contribution in [0, 0.1) is 0 Å². The highest BCUT2D eigenvalue weighted by Gasteiger charge is 2.07. The predicted octanol–water partition coefficient (Wildman–Crippen LogP) is 6.92. The molecule has 0 aliphatic rings. The number of aryl methyl sites for hydroxylation is 1. The Labute approximate surface area is 224 Å². The van der Waals surface area contributed by atoms with Crippen molar-refractivity contribution < 1.29 is 13.9 Å². The summed E-state index contributed by atoms with van der Waals surface area (Å²) in [4.78, 5) is 4.55. The summed E-state index contributed by atoms with van der Waals surface area (Å²) in [6.07, 6.45) is 2.05. The van der Waals surface area contributed by atoms with Crippen LogP contribution in [0.1, 0.15) is 17.5 Å². The molecule has 5 rings (SSSR count). The minimum atomic E-state index is 0.581. The van der Waals surface area contributed by atoms with Gasteiger partial charge in [-0.05, 0) is 59.4 Å². The quantitative estimate of drug-likeness (QED) is 0.166. The van der Waals surface area contributed by atoms with Crippen molar-refractivity contribution in [1.29, 1.82) is 0 Å². The van der Waals surface area contributed by atoms with Crippen molar-refractivity contribution in [1.82, 2.24) is 10.3 Å². The van der Waals surface area contributed by atoms with E-state index in [-0.39, 0.29) is 0 Å². The number of rotatable bonds is 14. The monoisotopic (exact) mass is 506 g/mol. The van der Waals surface area contributed by atoms with E-state index in [1.54, 1.807) is 0 Å². The topological polar surface area (TPSA) is 56.5 Å². The number of nitrogens with one attached hydrogen (secondary N) is 1. The molecule has 5 aromatic rings. The number of benzene rings is 4. The van der Waals surface area contributed by atoms with Crippen LogP contribution in [0.5, 0.6) is 0 Å². The largest absolute Gasteiger partial charge is 0.436 e. The second-order valence-electron chi connectivity index (χ2n) is 9.27. The van der Waals surface area contributed by atoms with Gasteiger partial charge in [0.25, 0.3) is 0 Å². The van der Waals surface area contributed by atoms with Crippen LogP contribution >= 0.6 is 0 Å². The maximum absolute atomic E-state index is 5.84. The molecule has 0 bridgehead atoms. The minimum Gasteiger partial charge on any atom is -0.436 e. The molecule has 0 atom stereocenters. The van der Waals surface area contributed by atoms with Crippen LogP contribution < -0.4 is 5.32 Å². The average Bonchev–Trinajstić information content (AvgIpc) is 3.41. The van der Waals surface area contributed by atoms with E-state index in [4.69, 9.17) is 13.9 Å². The highest BCUT2D eigenvalue weighted by Crippen LogP contribution is 2.24. The fourth-order valence-electron chi connectivity index (χ4n) is 4.36. The molecule has 1 heterocycles. The molecular formula is C33H34N2O3. The Bertz CT molecular complexity index is 1360. The van der Waals surface area contributed by atoms with Crippen molar-refractivity contribution in [3.05, 3.63) is 114 Å². The normalized spacial score (nSPS) is 11.3. The predicted molar refractivity (Wildman–Crippen MR) is 153 cm³/mol. The van der Waals surface area contributed by atoms with Crippen LogP contribution in [0.4, 0.5) is 0 Å². The first-order valence-electron chi connectivity index (χ1n) is 13.3. The van der Waals surface area contributed by atoms with Crippen LogP contribution in [0.3, 0.4) is 0 Å². The molecule has 38 heavy (non-hydrogen) atoms. The highest BCUT2D eigenvalue weighted by atomic mass is 16.5. The standard InChI is InChI=1S/C33H34N2O3/c1-2-10-28(11-3-1)30-12-6-8-26(24-30)9-7-21-36-22-19-34-20-23-37-25-27-15-17-29(18-16-27)33-35-31-13-4-5-14-32(31)38-33/h1-6,8,10-18,24,34H,7,9,19-23,25H2. The number of para-hydroxylation sites is 2. The average molecular weight is 507 g/mol. The van der Waals surface area contributed by atoms with Gasteiger partial charge in [0, 0.05) is 25.3 Å². The molecule has 1 N–H and O–H groups in total. The third-order valence-corrected chi connectivity index (χ3v) is 6.40. The van der Waals surface area contributed by atoms with Crippen LogP contribution in [0.2, 0.25) is 0 Å². The van der Waals surface area contributed by atoms with E-state index < -0.39 is 0 Å². The van der Waals surface area contributed by atoms with Crippen molar-refractivity contribution in [2.75, 3.05) is 32.9 Å². The molecule has 5 nitrogen and oxygen atoms in total. The molecule has 1 aromatic heterocycles. The van der Waals surface area contributed by atoms with Gasteiger partial charge in [0.2, 0.25) is 5.89 Å². The van der Waals surface area contributed by atoms with Gasteiger partial charge in [0.05, 0.1) is 19.8 Å². The third kappa shape index (κ3) is 7.39. The number of fused-ring (bicyclic) bond motifs is 1. The number of nitrogens with zero attached hydrogens (tertiary/aromatic N) is 1. The molecule has 0 saturated heterocycles. The van der Waals surface area contributed by atoms with E-state index in [2.05, 4.69) is 77.0 Å². The van der Waals surface area contributed by atoms with Crippen LogP contribution in [-0.2, 0) is 22.5 Å². The first kappa shape index (κ1) is 25.9. The molecule has 0 aliphatic carbocycles. The SMILES string of the molecule is c1ccc(-c2cccc(CCCOCCNCCOCc3ccc(-c4nc5ccccc5o4)cc3)c2)cc1. The lowest BCUT2D eigenvalue weighted by Crippen LogP contribution is -2.24. The van der Waals surface area contributed by atoms with E-state index in [1.165, 1.54) is 16.7 Å². The Hall–Kier alpha value is -3.77. The molecule has 0 saturated carbocycles. The zero-order chi connectivity index (χ0) is 25.8. The first-order chi connectivity index (χ1) is 18.8. The second kappa shape index (κ2) is 13.7. The molecular weight excluding hydrogens is 472 g/mol. The fraction of sp³-hybridized carbons (Fsp3) is 0.242. The van der Waals surface area contributed by atoms with Crippen LogP contribution in [0.25, 0.3) is 33.7 Å². The van der Waals surface area contributed by atoms with Gasteiger partial charge in [-0.1, -0.05) is 78.9 Å². The Kier molecular flexibility index (Phi) is 9.31. The molecule has 0 spiro atoms. The molecule has 194 valence electrons. The molecule has 0 radical (unpaired) electrons. The number of oxazole rings is 1. The second-order valence-corrected chi connectivity index (χ2v) is 9.27. The van der Waals surface area contributed by atoms with Crippen molar-refractivity contribution in [2.24, 2.45) is 0 Å². The van der Waals surface area contributed by atoms with Gasteiger partial charge in [-0.15, -0.1) is 0 Å². The summed E-state index contributed by atoms with van der Waals surface area (Å²) in [5.74, 6) is 0.641. The molecule has 0 unspecified atom stereocenters. The Morgan fingerprint density at radius 2 is 1.39 bits per heavy atom. The van der Waals surface area contributed by atoms with E-state index in [0.29, 0.717) is 25.7 Å². The Balaban J connectivity index is 0.905. The Morgan fingerprint density at radius 1 is 0.632 bits per heavy atom. The zero-order valence-electron chi connectivity index (χ0n) is 21.6. The molecule has 0 fully saturated rings. The first-order valence-corrected chi connectivity index (χ1v) is 13.3. The lowest BCUT2D eigenvalue weighted by atomic mass is 10.0. The van der Waals surface area contributed by atoms with E-state index in [1.807, 2.05) is 36.4 Å². The Morgan fingerprint density at radius 3 is 2.24 bits per heavy atom. The lowest BCUT2D eigenvalue weighted by molar-refractivity contribution is 0.113. The minimum absolute atomic E-state index is 0.581. The van der Waals surface area contributed by atoms with Gasteiger partial charge in [0.15, 0.2) is 5.58 Å². The zero-order valence-corrected chi connectivity index (χ0v) is 21.6. The van der Waals surface area contributed by atoms with Crippen molar-refractivity contribution in [2.45, 2.75) is 19.4 Å². The van der Waals surface area contributed by atoms with Crippen LogP contribution in [-0.4, -0.2) is 37.9 Å². The molecule has 0 amide bonds. The summed E-state index contributed by atoms with van der Waals surface area (Å²) in [6.45, 7) is 4.35. The molecule has 4 aromatic carbocycles. The molecule has 0 aliphatic heterocycles. The van der Waals surface area contributed by atoms with Crippen molar-refractivity contribution >= 4 is 11.1 Å². The lowest BCUT2D eigenvalue weighted by Gasteiger charge is -2.08. The van der Waals surface area contributed by atoms with Gasteiger partial charge < -0.3 is 19.2 Å². The van der Waals surface area contributed by atoms with Gasteiger partial charge in [-0.2, -0.15) is 0 Å². The molecule has 5 heteroatoms. The number of hydrogen-bond donors (Lipinski definition) is 1. The van der Waals surface area contributed by atoms with Crippen molar-refractivity contribution in [3.63, 3.8) is 0 Å². The number of hydrogen-bond acceptors (Lipinski definition) is 5. The van der Waals surface area contributed by atoms with Crippen LogP contribution in [0.15, 0.2) is 108 Å². The number of aromatic nitrogens is 1. The van der Waals surface area contributed by atoms with E-state index in [9.17, 15) is 0 Å².